The highest BCUT2D eigenvalue weighted by molar-refractivity contribution is 7.91. The number of hydrogen-bond donors (Lipinski definition) is 3. The molecule has 0 aliphatic heterocycles. The first kappa shape index (κ1) is 22.1. The zero-order valence-electron chi connectivity index (χ0n) is 16.0. The molecule has 1 unspecified atom stereocenters. The number of methoxy groups -OCH3 is 1. The van der Waals surface area contributed by atoms with E-state index in [2.05, 4.69) is 20.3 Å². The van der Waals surface area contributed by atoms with E-state index in [0.717, 1.165) is 16.9 Å². The number of benzene rings is 1. The van der Waals surface area contributed by atoms with Crippen molar-refractivity contribution < 1.29 is 17.5 Å². The van der Waals surface area contributed by atoms with Crippen LogP contribution < -0.4 is 20.1 Å². The van der Waals surface area contributed by atoms with Gasteiger partial charge in [-0.15, -0.1) is 11.3 Å². The largest absolute Gasteiger partial charge is 0.494 e. The van der Waals surface area contributed by atoms with Crippen LogP contribution in [-0.2, 0) is 10.0 Å². The highest BCUT2D eigenvalue weighted by Crippen LogP contribution is 2.21. The molecule has 1 heterocycles. The van der Waals surface area contributed by atoms with Crippen LogP contribution in [0.15, 0.2) is 44.9 Å². The van der Waals surface area contributed by atoms with E-state index in [0.29, 0.717) is 12.5 Å². The van der Waals surface area contributed by atoms with Crippen LogP contribution in [0.4, 0.5) is 4.39 Å². The third-order valence-electron chi connectivity index (χ3n) is 3.81. The molecule has 154 valence electrons. The summed E-state index contributed by atoms with van der Waals surface area (Å²) in [5.41, 5.74) is 0.738. The molecular formula is C18H25FN4O3S2. The summed E-state index contributed by atoms with van der Waals surface area (Å²) in [6.07, 6.45) is 0. The van der Waals surface area contributed by atoms with Crippen molar-refractivity contribution in [2.24, 2.45) is 4.99 Å². The predicted octanol–water partition coefficient (Wildman–Crippen LogP) is 2.49. The molecule has 1 aromatic heterocycles. The first-order chi connectivity index (χ1) is 13.4. The van der Waals surface area contributed by atoms with Crippen molar-refractivity contribution >= 4 is 27.3 Å². The van der Waals surface area contributed by atoms with E-state index in [-0.39, 0.29) is 29.1 Å². The van der Waals surface area contributed by atoms with Gasteiger partial charge in [-0.25, -0.2) is 17.5 Å². The van der Waals surface area contributed by atoms with Gasteiger partial charge in [0.25, 0.3) is 0 Å². The Morgan fingerprint density at radius 3 is 2.75 bits per heavy atom. The van der Waals surface area contributed by atoms with Crippen molar-refractivity contribution in [3.63, 3.8) is 0 Å². The molecule has 3 N–H and O–H groups in total. The maximum Gasteiger partial charge on any atom is 0.250 e. The fourth-order valence-electron chi connectivity index (χ4n) is 2.40. The SMILES string of the molecule is CCNC(=NCCNS(=O)(=O)c1cccs1)NC(C)c1ccc(OC)c(F)c1. The Balaban J connectivity index is 1.95. The zero-order valence-corrected chi connectivity index (χ0v) is 17.7. The van der Waals surface area contributed by atoms with E-state index in [4.69, 9.17) is 4.74 Å². The highest BCUT2D eigenvalue weighted by atomic mass is 32.2. The quantitative estimate of drug-likeness (QED) is 0.324. The number of ether oxygens (including phenoxy) is 1. The molecule has 1 aromatic carbocycles. The lowest BCUT2D eigenvalue weighted by Gasteiger charge is -2.18. The summed E-state index contributed by atoms with van der Waals surface area (Å²) >= 11 is 1.16. The van der Waals surface area contributed by atoms with Gasteiger partial charge in [0.1, 0.15) is 4.21 Å². The molecule has 0 fully saturated rings. The number of aliphatic imine (C=N–C) groups is 1. The number of rotatable bonds is 9. The third-order valence-corrected chi connectivity index (χ3v) is 6.67. The molecule has 2 aromatic rings. The van der Waals surface area contributed by atoms with Crippen molar-refractivity contribution in [3.05, 3.63) is 47.1 Å². The molecule has 7 nitrogen and oxygen atoms in total. The molecule has 0 aliphatic rings. The van der Waals surface area contributed by atoms with Crippen LogP contribution >= 0.6 is 11.3 Å². The molecule has 0 radical (unpaired) electrons. The van der Waals surface area contributed by atoms with Crippen LogP contribution in [0, 0.1) is 5.82 Å². The fourth-order valence-corrected chi connectivity index (χ4v) is 4.45. The number of nitrogens with zero attached hydrogens (tertiary/aromatic N) is 1. The Labute approximate surface area is 169 Å². The van der Waals surface area contributed by atoms with Gasteiger partial charge in [-0.1, -0.05) is 12.1 Å². The summed E-state index contributed by atoms with van der Waals surface area (Å²) in [5.74, 6) is 0.273. The number of guanidine groups is 1. The van der Waals surface area contributed by atoms with Gasteiger partial charge in [-0.3, -0.25) is 4.99 Å². The van der Waals surface area contributed by atoms with Gasteiger partial charge in [-0.2, -0.15) is 0 Å². The first-order valence-corrected chi connectivity index (χ1v) is 11.1. The smallest absolute Gasteiger partial charge is 0.250 e. The Hall–Kier alpha value is -2.17. The molecular weight excluding hydrogens is 403 g/mol. The van der Waals surface area contributed by atoms with Crippen LogP contribution in [0.2, 0.25) is 0 Å². The summed E-state index contributed by atoms with van der Waals surface area (Å²) in [7, 11) is -2.08. The third kappa shape index (κ3) is 6.18. The zero-order chi connectivity index (χ0) is 20.6. The van der Waals surface area contributed by atoms with Crippen LogP contribution in [-0.4, -0.2) is 41.1 Å². The molecule has 10 heteroatoms. The summed E-state index contributed by atoms with van der Waals surface area (Å²) in [4.78, 5) is 4.37. The number of thiophene rings is 1. The van der Waals surface area contributed by atoms with Crippen molar-refractivity contribution in [1.29, 1.82) is 0 Å². The van der Waals surface area contributed by atoms with E-state index in [1.165, 1.54) is 13.2 Å². The predicted molar refractivity (Wildman–Crippen MR) is 110 cm³/mol. The maximum absolute atomic E-state index is 13.9. The van der Waals surface area contributed by atoms with E-state index in [1.807, 2.05) is 13.8 Å². The molecule has 0 bridgehead atoms. The minimum atomic E-state index is -3.50. The second-order valence-electron chi connectivity index (χ2n) is 5.85. The van der Waals surface area contributed by atoms with Crippen LogP contribution in [0.3, 0.4) is 0 Å². The summed E-state index contributed by atoms with van der Waals surface area (Å²) in [6, 6.07) is 7.80. The molecule has 1 atom stereocenters. The Bertz CT molecular complexity index is 886. The van der Waals surface area contributed by atoms with Crippen LogP contribution in [0.5, 0.6) is 5.75 Å². The minimum absolute atomic E-state index is 0.169. The summed E-state index contributed by atoms with van der Waals surface area (Å²) in [6.45, 7) is 4.87. The molecule has 2 rings (SSSR count). The van der Waals surface area contributed by atoms with Crippen LogP contribution in [0.25, 0.3) is 0 Å². The Morgan fingerprint density at radius 1 is 1.36 bits per heavy atom. The van der Waals surface area contributed by atoms with Gasteiger partial charge in [0.05, 0.1) is 19.7 Å². The molecule has 0 saturated carbocycles. The first-order valence-electron chi connectivity index (χ1n) is 8.78. The average molecular weight is 429 g/mol. The highest BCUT2D eigenvalue weighted by Gasteiger charge is 2.14. The number of sulfonamides is 1. The van der Waals surface area contributed by atoms with Crippen molar-refractivity contribution in [2.45, 2.75) is 24.1 Å². The topological polar surface area (TPSA) is 91.8 Å². The lowest BCUT2D eigenvalue weighted by molar-refractivity contribution is 0.386. The average Bonchev–Trinajstić information content (AvgIpc) is 3.21. The van der Waals surface area contributed by atoms with E-state index >= 15 is 0 Å². The van der Waals surface area contributed by atoms with E-state index < -0.39 is 15.8 Å². The van der Waals surface area contributed by atoms with Gasteiger partial charge in [0.15, 0.2) is 17.5 Å². The minimum Gasteiger partial charge on any atom is -0.494 e. The Morgan fingerprint density at radius 2 is 2.14 bits per heavy atom. The van der Waals surface area contributed by atoms with Crippen LogP contribution in [0.1, 0.15) is 25.5 Å². The monoisotopic (exact) mass is 428 g/mol. The number of hydrogen-bond acceptors (Lipinski definition) is 5. The van der Waals surface area contributed by atoms with Gasteiger partial charge in [-0.05, 0) is 43.0 Å². The standard InChI is InChI=1S/C18H25FN4O3S2/c1-4-20-18(21-9-10-22-28(24,25)17-6-5-11-27-17)23-13(2)14-7-8-16(26-3)15(19)12-14/h5-8,11-13,22H,4,9-10H2,1-3H3,(H2,20,21,23). The second kappa shape index (κ2) is 10.4. The normalized spacial score (nSPS) is 13.2. The molecule has 0 amide bonds. The summed E-state index contributed by atoms with van der Waals surface area (Å²) in [5, 5.41) is 7.98. The fraction of sp³-hybridized carbons (Fsp3) is 0.389. The van der Waals surface area contributed by atoms with Gasteiger partial charge >= 0.3 is 0 Å². The van der Waals surface area contributed by atoms with E-state index in [9.17, 15) is 12.8 Å². The van der Waals surface area contributed by atoms with E-state index in [1.54, 1.807) is 29.6 Å². The van der Waals surface area contributed by atoms with Crippen molar-refractivity contribution in [2.75, 3.05) is 26.7 Å². The van der Waals surface area contributed by atoms with Crippen molar-refractivity contribution in [1.82, 2.24) is 15.4 Å². The molecule has 28 heavy (non-hydrogen) atoms. The molecule has 0 saturated heterocycles. The van der Waals surface area contributed by atoms with Crippen molar-refractivity contribution in [3.8, 4) is 5.75 Å². The Kier molecular flexibility index (Phi) is 8.21. The summed E-state index contributed by atoms with van der Waals surface area (Å²) < 4.78 is 45.8. The molecule has 0 aliphatic carbocycles. The lowest BCUT2D eigenvalue weighted by Crippen LogP contribution is -2.39. The lowest BCUT2D eigenvalue weighted by atomic mass is 10.1. The second-order valence-corrected chi connectivity index (χ2v) is 8.79. The number of halogens is 1. The van der Waals surface area contributed by atoms with Gasteiger partial charge < -0.3 is 15.4 Å². The number of nitrogens with one attached hydrogen (secondary N) is 3. The molecule has 0 spiro atoms. The van der Waals surface area contributed by atoms with Gasteiger partial charge in [0, 0.05) is 13.1 Å². The maximum atomic E-state index is 13.9. The van der Waals surface area contributed by atoms with Gasteiger partial charge in [0.2, 0.25) is 10.0 Å².